The second-order valence-corrected chi connectivity index (χ2v) is 7.86. The van der Waals surface area contributed by atoms with E-state index >= 15 is 0 Å². The van der Waals surface area contributed by atoms with Crippen molar-refractivity contribution in [2.24, 2.45) is 11.8 Å². The number of nitrogens with zero attached hydrogens (tertiary/aromatic N) is 1. The highest BCUT2D eigenvalue weighted by Gasteiger charge is 2.44. The normalized spacial score (nSPS) is 23.6. The Morgan fingerprint density at radius 3 is 2.55 bits per heavy atom. The Morgan fingerprint density at radius 2 is 2.05 bits per heavy atom. The van der Waals surface area contributed by atoms with E-state index in [-0.39, 0.29) is 12.5 Å². The number of carboxylic acid groups (broad SMARTS) is 1. The summed E-state index contributed by atoms with van der Waals surface area (Å²) in [5.74, 6) is -1.60. The van der Waals surface area contributed by atoms with Crippen LogP contribution < -0.4 is 0 Å². The molecule has 0 spiro atoms. The molecule has 2 atom stereocenters. The van der Waals surface area contributed by atoms with Crippen molar-refractivity contribution in [3.63, 3.8) is 0 Å². The summed E-state index contributed by atoms with van der Waals surface area (Å²) in [6, 6.07) is 0. The average molecular weight is 307 g/mol. The largest absolute Gasteiger partial charge is 0.481 e. The highest BCUT2D eigenvalue weighted by atomic mass is 32.2. The summed E-state index contributed by atoms with van der Waals surface area (Å²) in [4.78, 5) is 11.2. The van der Waals surface area contributed by atoms with Crippen LogP contribution >= 0.6 is 0 Å². The third-order valence-corrected chi connectivity index (χ3v) is 6.01. The predicted octanol–water partition coefficient (Wildman–Crippen LogP) is 1.17. The first-order chi connectivity index (χ1) is 9.30. The Hall–Kier alpha value is -0.660. The molecule has 0 aromatic heterocycles. The molecule has 0 aromatic carbocycles. The summed E-state index contributed by atoms with van der Waals surface area (Å²) in [5, 5.41) is 8.38. The number of aliphatic carboxylic acids is 1. The Kier molecular flexibility index (Phi) is 6.42. The number of ether oxygens (including phenoxy) is 1. The smallest absolute Gasteiger partial charge is 0.307 e. The molecule has 118 valence electrons. The Bertz CT molecular complexity index is 420. The molecule has 1 N–H and O–H groups in total. The summed E-state index contributed by atoms with van der Waals surface area (Å²) < 4.78 is 31.8. The van der Waals surface area contributed by atoms with Gasteiger partial charge in [-0.05, 0) is 18.8 Å². The molecule has 0 bridgehead atoms. The third-order valence-electron chi connectivity index (χ3n) is 3.63. The minimum Gasteiger partial charge on any atom is -0.481 e. The average Bonchev–Trinajstić information content (AvgIpc) is 2.83. The van der Waals surface area contributed by atoms with Crippen molar-refractivity contribution in [2.75, 3.05) is 26.8 Å². The van der Waals surface area contributed by atoms with Crippen LogP contribution in [0.25, 0.3) is 0 Å². The number of hydrogen-bond acceptors (Lipinski definition) is 4. The van der Waals surface area contributed by atoms with Crippen molar-refractivity contribution in [1.29, 1.82) is 0 Å². The van der Waals surface area contributed by atoms with E-state index < -0.39 is 27.2 Å². The lowest BCUT2D eigenvalue weighted by atomic mass is 10.1. The number of sulfonamides is 1. The van der Waals surface area contributed by atoms with Gasteiger partial charge in [0, 0.05) is 20.2 Å². The first kappa shape index (κ1) is 17.4. The van der Waals surface area contributed by atoms with Crippen LogP contribution in [-0.2, 0) is 19.6 Å². The van der Waals surface area contributed by atoms with Gasteiger partial charge >= 0.3 is 5.97 Å². The lowest BCUT2D eigenvalue weighted by molar-refractivity contribution is -0.141. The van der Waals surface area contributed by atoms with Crippen LogP contribution in [0.15, 0.2) is 0 Å². The van der Waals surface area contributed by atoms with Gasteiger partial charge in [0.1, 0.15) is 0 Å². The Labute approximate surface area is 121 Å². The van der Waals surface area contributed by atoms with Gasteiger partial charge < -0.3 is 9.84 Å². The van der Waals surface area contributed by atoms with Gasteiger partial charge in [-0.15, -0.1) is 0 Å². The zero-order chi connectivity index (χ0) is 15.3. The van der Waals surface area contributed by atoms with Crippen LogP contribution in [0.2, 0.25) is 0 Å². The highest BCUT2D eigenvalue weighted by Crippen LogP contribution is 2.33. The van der Waals surface area contributed by atoms with Gasteiger partial charge in [-0.2, -0.15) is 4.31 Å². The molecule has 2 unspecified atom stereocenters. The monoisotopic (exact) mass is 307 g/mol. The van der Waals surface area contributed by atoms with E-state index in [4.69, 9.17) is 4.74 Å². The molecular weight excluding hydrogens is 282 g/mol. The first-order valence-electron chi connectivity index (χ1n) is 7.01. The number of carbonyl (C=O) groups is 1. The van der Waals surface area contributed by atoms with Gasteiger partial charge in [0.25, 0.3) is 0 Å². The van der Waals surface area contributed by atoms with Gasteiger partial charge in [0.15, 0.2) is 0 Å². The molecule has 0 radical (unpaired) electrons. The van der Waals surface area contributed by atoms with E-state index in [1.807, 2.05) is 13.8 Å². The molecule has 7 heteroatoms. The maximum absolute atomic E-state index is 12.7. The maximum atomic E-state index is 12.7. The fourth-order valence-corrected chi connectivity index (χ4v) is 5.03. The van der Waals surface area contributed by atoms with Gasteiger partial charge in [0.05, 0.1) is 17.8 Å². The van der Waals surface area contributed by atoms with E-state index in [1.165, 1.54) is 11.4 Å². The van der Waals surface area contributed by atoms with E-state index in [2.05, 4.69) is 0 Å². The summed E-state index contributed by atoms with van der Waals surface area (Å²) in [6.45, 7) is 4.88. The summed E-state index contributed by atoms with van der Waals surface area (Å²) in [5.41, 5.74) is 0. The molecule has 0 saturated heterocycles. The Morgan fingerprint density at radius 1 is 1.40 bits per heavy atom. The van der Waals surface area contributed by atoms with Crippen molar-refractivity contribution < 1.29 is 23.1 Å². The van der Waals surface area contributed by atoms with Crippen LogP contribution in [0, 0.1) is 11.8 Å². The van der Waals surface area contributed by atoms with Gasteiger partial charge in [-0.1, -0.05) is 20.3 Å². The van der Waals surface area contributed by atoms with E-state index in [9.17, 15) is 18.3 Å². The molecule has 1 rings (SSSR count). The van der Waals surface area contributed by atoms with E-state index in [1.54, 1.807) is 0 Å². The number of rotatable bonds is 8. The summed E-state index contributed by atoms with van der Waals surface area (Å²) in [7, 11) is -2.07. The molecule has 1 aliphatic carbocycles. The van der Waals surface area contributed by atoms with Crippen LogP contribution in [-0.4, -0.2) is 55.9 Å². The molecule has 0 aromatic rings. The minimum atomic E-state index is -3.59. The van der Waals surface area contributed by atoms with Crippen LogP contribution in [0.5, 0.6) is 0 Å². The van der Waals surface area contributed by atoms with E-state index in [0.29, 0.717) is 32.4 Å². The molecule has 0 aliphatic heterocycles. The van der Waals surface area contributed by atoms with Crippen LogP contribution in [0.1, 0.15) is 33.1 Å². The van der Waals surface area contributed by atoms with Crippen molar-refractivity contribution in [3.05, 3.63) is 0 Å². The molecule has 1 fully saturated rings. The van der Waals surface area contributed by atoms with Gasteiger partial charge in [0.2, 0.25) is 10.0 Å². The number of methoxy groups -OCH3 is 1. The van der Waals surface area contributed by atoms with Gasteiger partial charge in [-0.3, -0.25) is 4.79 Å². The van der Waals surface area contributed by atoms with Crippen molar-refractivity contribution >= 4 is 16.0 Å². The van der Waals surface area contributed by atoms with Crippen molar-refractivity contribution in [3.8, 4) is 0 Å². The summed E-state index contributed by atoms with van der Waals surface area (Å²) in [6.07, 6.45) is 1.53. The topological polar surface area (TPSA) is 83.9 Å². The highest BCUT2D eigenvalue weighted by molar-refractivity contribution is 7.89. The minimum absolute atomic E-state index is 0.186. The van der Waals surface area contributed by atoms with Crippen LogP contribution in [0.4, 0.5) is 0 Å². The molecule has 0 amide bonds. The zero-order valence-electron chi connectivity index (χ0n) is 12.4. The fraction of sp³-hybridized carbons (Fsp3) is 0.923. The maximum Gasteiger partial charge on any atom is 0.307 e. The van der Waals surface area contributed by atoms with Crippen LogP contribution in [0.3, 0.4) is 0 Å². The Balaban J connectivity index is 2.93. The molecule has 1 saturated carbocycles. The molecule has 20 heavy (non-hydrogen) atoms. The summed E-state index contributed by atoms with van der Waals surface area (Å²) >= 11 is 0. The molecule has 0 heterocycles. The fourth-order valence-electron chi connectivity index (χ4n) is 2.68. The van der Waals surface area contributed by atoms with E-state index in [0.717, 1.165) is 0 Å². The molecular formula is C13H25NO5S. The molecule has 6 nitrogen and oxygen atoms in total. The van der Waals surface area contributed by atoms with Crippen molar-refractivity contribution in [2.45, 2.75) is 38.4 Å². The second kappa shape index (κ2) is 7.38. The van der Waals surface area contributed by atoms with Gasteiger partial charge in [-0.25, -0.2) is 8.42 Å². The SMILES string of the molecule is COCCN(CC(C)C)S(=O)(=O)C1CCCC1C(=O)O. The number of hydrogen-bond donors (Lipinski definition) is 1. The third kappa shape index (κ3) is 4.17. The zero-order valence-corrected chi connectivity index (χ0v) is 13.2. The quantitative estimate of drug-likeness (QED) is 0.728. The molecule has 1 aliphatic rings. The van der Waals surface area contributed by atoms with Crippen molar-refractivity contribution in [1.82, 2.24) is 4.31 Å². The lowest BCUT2D eigenvalue weighted by Gasteiger charge is -2.28. The number of carboxylic acids is 1. The first-order valence-corrected chi connectivity index (χ1v) is 8.51. The second-order valence-electron chi connectivity index (χ2n) is 5.70. The standard InChI is InChI=1S/C13H25NO5S/c1-10(2)9-14(7-8-19-3)20(17,18)12-6-4-5-11(12)13(15)16/h10-12H,4-9H2,1-3H3,(H,15,16). The predicted molar refractivity (Wildman–Crippen MR) is 76.0 cm³/mol. The lowest BCUT2D eigenvalue weighted by Crippen LogP contribution is -2.45.